The average molecular weight is 296 g/mol. The van der Waals surface area contributed by atoms with Crippen LogP contribution in [0, 0.1) is 0 Å². The fourth-order valence-corrected chi connectivity index (χ4v) is 2.09. The van der Waals surface area contributed by atoms with Crippen LogP contribution in [-0.2, 0) is 6.42 Å². The van der Waals surface area contributed by atoms with Crippen LogP contribution >= 0.6 is 0 Å². The molecule has 0 bridgehead atoms. The van der Waals surface area contributed by atoms with E-state index in [1.165, 1.54) is 11.6 Å². The summed E-state index contributed by atoms with van der Waals surface area (Å²) in [6.45, 7) is 4.05. The minimum Gasteiger partial charge on any atom is -0.508 e. The zero-order valence-corrected chi connectivity index (χ0v) is 12.7. The van der Waals surface area contributed by atoms with Gasteiger partial charge in [0, 0.05) is 6.07 Å². The normalized spacial score (nSPS) is 10.8. The lowest BCUT2D eigenvalue weighted by atomic mass is 10.0. The van der Waals surface area contributed by atoms with Crippen molar-refractivity contribution < 1.29 is 15.3 Å². The van der Waals surface area contributed by atoms with Crippen molar-refractivity contribution in [2.45, 2.75) is 20.3 Å². The summed E-state index contributed by atoms with van der Waals surface area (Å²) >= 11 is 0. The second kappa shape index (κ2) is 6.85. The quantitative estimate of drug-likeness (QED) is 0.575. The molecule has 0 fully saturated rings. The number of benzene rings is 2. The van der Waals surface area contributed by atoms with E-state index in [9.17, 15) is 15.3 Å². The Morgan fingerprint density at radius 2 is 1.50 bits per heavy atom. The van der Waals surface area contributed by atoms with Crippen molar-refractivity contribution in [3.63, 3.8) is 0 Å². The van der Waals surface area contributed by atoms with Crippen molar-refractivity contribution in [2.24, 2.45) is 0 Å². The van der Waals surface area contributed by atoms with Gasteiger partial charge in [-0.15, -0.1) is 0 Å². The van der Waals surface area contributed by atoms with E-state index in [4.69, 9.17) is 0 Å². The fraction of sp³-hybridized carbons (Fsp3) is 0.158. The van der Waals surface area contributed by atoms with Gasteiger partial charge in [-0.05, 0) is 61.2 Å². The van der Waals surface area contributed by atoms with Crippen molar-refractivity contribution in [3.05, 3.63) is 64.7 Å². The van der Waals surface area contributed by atoms with Crippen molar-refractivity contribution >= 4 is 12.2 Å². The van der Waals surface area contributed by atoms with Crippen LogP contribution in [0.3, 0.4) is 0 Å². The van der Waals surface area contributed by atoms with Gasteiger partial charge in [0.2, 0.25) is 0 Å². The number of hydrogen-bond donors (Lipinski definition) is 3. The molecule has 0 atom stereocenters. The van der Waals surface area contributed by atoms with Gasteiger partial charge in [0.15, 0.2) is 0 Å². The molecule has 3 heteroatoms. The summed E-state index contributed by atoms with van der Waals surface area (Å²) in [6.07, 6.45) is 6.43. The van der Waals surface area contributed by atoms with Gasteiger partial charge in [0.05, 0.1) is 0 Å². The van der Waals surface area contributed by atoms with Gasteiger partial charge in [-0.1, -0.05) is 29.9 Å². The minimum atomic E-state index is 0.0228. The molecular formula is C19H20O3. The van der Waals surface area contributed by atoms with E-state index in [-0.39, 0.29) is 17.2 Å². The lowest BCUT2D eigenvalue weighted by Crippen LogP contribution is -1.85. The van der Waals surface area contributed by atoms with E-state index >= 15 is 0 Å². The van der Waals surface area contributed by atoms with Gasteiger partial charge in [0.1, 0.15) is 17.2 Å². The molecule has 2 rings (SSSR count). The van der Waals surface area contributed by atoms with Crippen LogP contribution in [0.5, 0.6) is 17.2 Å². The molecule has 0 unspecified atom stereocenters. The van der Waals surface area contributed by atoms with Crippen LogP contribution in [0.25, 0.3) is 12.2 Å². The van der Waals surface area contributed by atoms with Gasteiger partial charge >= 0.3 is 0 Å². The average Bonchev–Trinajstić information content (AvgIpc) is 2.44. The fourth-order valence-electron chi connectivity index (χ4n) is 2.09. The first-order valence-electron chi connectivity index (χ1n) is 7.10. The minimum absolute atomic E-state index is 0.0228. The first kappa shape index (κ1) is 15.7. The summed E-state index contributed by atoms with van der Waals surface area (Å²) in [5, 5.41) is 28.8. The van der Waals surface area contributed by atoms with E-state index in [0.717, 1.165) is 11.1 Å². The van der Waals surface area contributed by atoms with E-state index in [1.807, 2.05) is 32.1 Å². The summed E-state index contributed by atoms with van der Waals surface area (Å²) < 4.78 is 0. The maximum atomic E-state index is 9.89. The molecule has 2 aromatic rings. The van der Waals surface area contributed by atoms with Crippen molar-refractivity contribution in [1.29, 1.82) is 0 Å². The Labute approximate surface area is 130 Å². The highest BCUT2D eigenvalue weighted by molar-refractivity contribution is 5.71. The third kappa shape index (κ3) is 4.42. The first-order chi connectivity index (χ1) is 10.4. The standard InChI is InChI=1S/C19H20O3/c1-13(2)3-7-16-9-14(6-8-19(16)22)4-5-15-10-17(20)12-18(21)11-15/h3-6,8-12,20-22H,7H2,1-2H3. The maximum absolute atomic E-state index is 9.89. The first-order valence-corrected chi connectivity index (χ1v) is 7.10. The highest BCUT2D eigenvalue weighted by Crippen LogP contribution is 2.24. The molecule has 0 aliphatic carbocycles. The number of aromatic hydroxyl groups is 3. The summed E-state index contributed by atoms with van der Waals surface area (Å²) in [5.41, 5.74) is 3.71. The molecule has 0 radical (unpaired) electrons. The largest absolute Gasteiger partial charge is 0.508 e. The Morgan fingerprint density at radius 1 is 0.864 bits per heavy atom. The van der Waals surface area contributed by atoms with Crippen LogP contribution in [-0.4, -0.2) is 15.3 Å². The number of rotatable bonds is 4. The monoisotopic (exact) mass is 296 g/mol. The summed E-state index contributed by atoms with van der Waals surface area (Å²) in [6, 6.07) is 9.85. The Hall–Kier alpha value is -2.68. The van der Waals surface area contributed by atoms with E-state index < -0.39 is 0 Å². The highest BCUT2D eigenvalue weighted by atomic mass is 16.3. The topological polar surface area (TPSA) is 60.7 Å². The predicted molar refractivity (Wildman–Crippen MR) is 89.9 cm³/mol. The predicted octanol–water partition coefficient (Wildman–Crippen LogP) is 4.48. The molecule has 0 aromatic heterocycles. The lowest BCUT2D eigenvalue weighted by molar-refractivity contribution is 0.450. The summed E-state index contributed by atoms with van der Waals surface area (Å²) in [7, 11) is 0. The van der Waals surface area contributed by atoms with E-state index in [0.29, 0.717) is 12.0 Å². The van der Waals surface area contributed by atoms with E-state index in [2.05, 4.69) is 6.08 Å². The molecule has 3 nitrogen and oxygen atoms in total. The zero-order valence-electron chi connectivity index (χ0n) is 12.7. The molecule has 3 N–H and O–H groups in total. The second-order valence-electron chi connectivity index (χ2n) is 5.49. The van der Waals surface area contributed by atoms with Gasteiger partial charge in [-0.25, -0.2) is 0 Å². The zero-order chi connectivity index (χ0) is 16.1. The van der Waals surface area contributed by atoms with Crippen LogP contribution in [0.15, 0.2) is 48.0 Å². The maximum Gasteiger partial charge on any atom is 0.119 e. The van der Waals surface area contributed by atoms with Gasteiger partial charge in [0.25, 0.3) is 0 Å². The molecule has 114 valence electrons. The third-order valence-corrected chi connectivity index (χ3v) is 3.23. The van der Waals surface area contributed by atoms with Crippen LogP contribution < -0.4 is 0 Å². The SMILES string of the molecule is CC(C)=CCc1cc(C=Cc2cc(O)cc(O)c2)ccc1O. The molecule has 0 amide bonds. The van der Waals surface area contributed by atoms with E-state index in [1.54, 1.807) is 24.3 Å². The van der Waals surface area contributed by atoms with Gasteiger partial charge in [-0.2, -0.15) is 0 Å². The molecule has 0 heterocycles. The van der Waals surface area contributed by atoms with Crippen molar-refractivity contribution in [1.82, 2.24) is 0 Å². The number of hydrogen-bond acceptors (Lipinski definition) is 3. The van der Waals surface area contributed by atoms with Gasteiger partial charge in [-0.3, -0.25) is 0 Å². The molecule has 0 aliphatic rings. The number of allylic oxidation sites excluding steroid dienone is 2. The van der Waals surface area contributed by atoms with Crippen molar-refractivity contribution in [2.75, 3.05) is 0 Å². The molecule has 22 heavy (non-hydrogen) atoms. The molecule has 2 aromatic carbocycles. The molecule has 0 saturated carbocycles. The van der Waals surface area contributed by atoms with Crippen LogP contribution in [0.1, 0.15) is 30.5 Å². The molecule has 0 saturated heterocycles. The van der Waals surface area contributed by atoms with Crippen LogP contribution in [0.4, 0.5) is 0 Å². The summed E-state index contributed by atoms with van der Waals surface area (Å²) in [5.74, 6) is 0.328. The Morgan fingerprint density at radius 3 is 2.14 bits per heavy atom. The Bertz CT molecular complexity index is 703. The number of phenols is 3. The molecule has 0 aliphatic heterocycles. The molecule has 0 spiro atoms. The van der Waals surface area contributed by atoms with Gasteiger partial charge < -0.3 is 15.3 Å². The lowest BCUT2D eigenvalue weighted by Gasteiger charge is -2.04. The Kier molecular flexibility index (Phi) is 4.89. The van der Waals surface area contributed by atoms with Crippen molar-refractivity contribution in [3.8, 4) is 17.2 Å². The second-order valence-corrected chi connectivity index (χ2v) is 5.49. The highest BCUT2D eigenvalue weighted by Gasteiger charge is 2.01. The smallest absolute Gasteiger partial charge is 0.119 e. The number of phenolic OH excluding ortho intramolecular Hbond substituents is 3. The molecular weight excluding hydrogens is 276 g/mol. The summed E-state index contributed by atoms with van der Waals surface area (Å²) in [4.78, 5) is 0. The Balaban J connectivity index is 2.24. The van der Waals surface area contributed by atoms with Crippen LogP contribution in [0.2, 0.25) is 0 Å². The third-order valence-electron chi connectivity index (χ3n) is 3.23.